The minimum Gasteiger partial charge on any atom is -0.383 e. The normalized spacial score (nSPS) is 10.6. The summed E-state index contributed by atoms with van der Waals surface area (Å²) in [4.78, 5) is 16.0. The second-order valence-corrected chi connectivity index (χ2v) is 5.27. The molecule has 1 aromatic carbocycles. The standard InChI is InChI=1S/C14H21BrN4O2.HI/c1-10-4-5-11(15)8-12(10)19-13(20)9-18-14(16-2)17-6-7-21-3;/h4-5,8H,6-7,9H2,1-3H3,(H,19,20)(H2,16,17,18);1H. The van der Waals surface area contributed by atoms with Crippen LogP contribution >= 0.6 is 39.9 Å². The maximum atomic E-state index is 11.9. The molecule has 8 heteroatoms. The molecule has 22 heavy (non-hydrogen) atoms. The van der Waals surface area contributed by atoms with Gasteiger partial charge in [-0.2, -0.15) is 0 Å². The van der Waals surface area contributed by atoms with Crippen LogP contribution in [0.1, 0.15) is 5.56 Å². The van der Waals surface area contributed by atoms with Crippen LogP contribution in [0.3, 0.4) is 0 Å². The molecule has 0 radical (unpaired) electrons. The number of amides is 1. The van der Waals surface area contributed by atoms with Gasteiger partial charge >= 0.3 is 0 Å². The van der Waals surface area contributed by atoms with Crippen molar-refractivity contribution in [3.8, 4) is 0 Å². The molecule has 0 unspecified atom stereocenters. The van der Waals surface area contributed by atoms with Gasteiger partial charge in [0.25, 0.3) is 0 Å². The third-order valence-corrected chi connectivity index (χ3v) is 3.21. The summed E-state index contributed by atoms with van der Waals surface area (Å²) in [7, 11) is 3.28. The van der Waals surface area contributed by atoms with E-state index in [-0.39, 0.29) is 36.4 Å². The van der Waals surface area contributed by atoms with Crippen LogP contribution in [0.5, 0.6) is 0 Å². The fourth-order valence-electron chi connectivity index (χ4n) is 1.58. The largest absolute Gasteiger partial charge is 0.383 e. The minimum absolute atomic E-state index is 0. The van der Waals surface area contributed by atoms with Gasteiger partial charge in [0.15, 0.2) is 5.96 Å². The monoisotopic (exact) mass is 484 g/mol. The first-order chi connectivity index (χ1) is 10.1. The molecule has 124 valence electrons. The summed E-state index contributed by atoms with van der Waals surface area (Å²) in [5.41, 5.74) is 1.80. The summed E-state index contributed by atoms with van der Waals surface area (Å²) in [5, 5.41) is 8.84. The lowest BCUT2D eigenvalue weighted by Gasteiger charge is -2.12. The summed E-state index contributed by atoms with van der Waals surface area (Å²) in [6.07, 6.45) is 0. The lowest BCUT2D eigenvalue weighted by Crippen LogP contribution is -2.42. The van der Waals surface area contributed by atoms with Crippen LogP contribution in [-0.4, -0.2) is 45.7 Å². The zero-order valence-electron chi connectivity index (χ0n) is 12.9. The van der Waals surface area contributed by atoms with Crippen LogP contribution in [0.25, 0.3) is 0 Å². The third-order valence-electron chi connectivity index (χ3n) is 2.71. The Kier molecular flexibility index (Phi) is 11.2. The van der Waals surface area contributed by atoms with E-state index in [0.29, 0.717) is 19.1 Å². The lowest BCUT2D eigenvalue weighted by atomic mass is 10.2. The van der Waals surface area contributed by atoms with Crippen molar-refractivity contribution in [3.63, 3.8) is 0 Å². The Bertz CT molecular complexity index is 512. The molecule has 0 atom stereocenters. The Balaban J connectivity index is 0.00000441. The van der Waals surface area contributed by atoms with Crippen LogP contribution in [-0.2, 0) is 9.53 Å². The molecule has 0 fully saturated rings. The average molecular weight is 485 g/mol. The Morgan fingerprint density at radius 1 is 1.36 bits per heavy atom. The number of nitrogens with one attached hydrogen (secondary N) is 3. The Labute approximate surface area is 156 Å². The minimum atomic E-state index is -0.133. The number of benzene rings is 1. The van der Waals surface area contributed by atoms with Gasteiger partial charge < -0.3 is 20.7 Å². The molecule has 1 rings (SSSR count). The van der Waals surface area contributed by atoms with Crippen molar-refractivity contribution in [1.29, 1.82) is 0 Å². The van der Waals surface area contributed by atoms with E-state index < -0.39 is 0 Å². The molecule has 3 N–H and O–H groups in total. The first-order valence-electron chi connectivity index (χ1n) is 6.56. The molecule has 0 bridgehead atoms. The molecule has 0 saturated carbocycles. The third kappa shape index (κ3) is 7.95. The van der Waals surface area contributed by atoms with Gasteiger partial charge in [0.05, 0.1) is 13.2 Å². The van der Waals surface area contributed by atoms with E-state index in [2.05, 4.69) is 36.9 Å². The maximum Gasteiger partial charge on any atom is 0.243 e. The molecule has 0 aliphatic carbocycles. The fourth-order valence-corrected chi connectivity index (χ4v) is 1.94. The van der Waals surface area contributed by atoms with Crippen LogP contribution in [0.15, 0.2) is 27.7 Å². The Morgan fingerprint density at radius 2 is 2.09 bits per heavy atom. The highest BCUT2D eigenvalue weighted by molar-refractivity contribution is 14.0. The van der Waals surface area contributed by atoms with Crippen molar-refractivity contribution in [2.24, 2.45) is 4.99 Å². The number of carbonyl (C=O) groups is 1. The molecule has 0 spiro atoms. The zero-order valence-corrected chi connectivity index (χ0v) is 16.8. The number of rotatable bonds is 6. The predicted octanol–water partition coefficient (Wildman–Crippen LogP) is 2.13. The highest BCUT2D eigenvalue weighted by Crippen LogP contribution is 2.20. The SMILES string of the molecule is CN=C(NCCOC)NCC(=O)Nc1cc(Br)ccc1C.I. The summed E-state index contributed by atoms with van der Waals surface area (Å²) in [5.74, 6) is 0.430. The van der Waals surface area contributed by atoms with Gasteiger partial charge in [-0.05, 0) is 24.6 Å². The second-order valence-electron chi connectivity index (χ2n) is 4.35. The van der Waals surface area contributed by atoms with E-state index >= 15 is 0 Å². The number of halogens is 2. The molecule has 0 saturated heterocycles. The molecule has 0 aliphatic heterocycles. The molecule has 1 amide bonds. The number of nitrogens with zero attached hydrogens (tertiary/aromatic N) is 1. The van der Waals surface area contributed by atoms with Gasteiger partial charge in [0, 0.05) is 30.9 Å². The molecular formula is C14H22BrIN4O2. The predicted molar refractivity (Wildman–Crippen MR) is 104 cm³/mol. The van der Waals surface area contributed by atoms with Gasteiger partial charge in [0.2, 0.25) is 5.91 Å². The van der Waals surface area contributed by atoms with Crippen molar-refractivity contribution in [1.82, 2.24) is 10.6 Å². The van der Waals surface area contributed by atoms with Crippen LogP contribution in [0.2, 0.25) is 0 Å². The van der Waals surface area contributed by atoms with E-state index in [0.717, 1.165) is 15.7 Å². The number of aryl methyl sites for hydroxylation is 1. The summed E-state index contributed by atoms with van der Waals surface area (Å²) in [6, 6.07) is 5.75. The van der Waals surface area contributed by atoms with Gasteiger partial charge in [-0.25, -0.2) is 0 Å². The van der Waals surface area contributed by atoms with Crippen LogP contribution in [0.4, 0.5) is 5.69 Å². The highest BCUT2D eigenvalue weighted by Gasteiger charge is 2.06. The molecule has 1 aromatic rings. The van der Waals surface area contributed by atoms with Crippen molar-refractivity contribution >= 4 is 57.5 Å². The maximum absolute atomic E-state index is 11.9. The number of methoxy groups -OCH3 is 1. The van der Waals surface area contributed by atoms with E-state index in [1.807, 2.05) is 25.1 Å². The fraction of sp³-hybridized carbons (Fsp3) is 0.429. The molecule has 0 heterocycles. The van der Waals surface area contributed by atoms with E-state index in [1.165, 1.54) is 0 Å². The first kappa shape index (κ1) is 21.1. The number of aliphatic imine (C=N–C) groups is 1. The zero-order chi connectivity index (χ0) is 15.7. The topological polar surface area (TPSA) is 74.8 Å². The van der Waals surface area contributed by atoms with Gasteiger partial charge in [0.1, 0.15) is 0 Å². The average Bonchev–Trinajstić information content (AvgIpc) is 2.46. The van der Waals surface area contributed by atoms with Crippen LogP contribution in [0, 0.1) is 6.92 Å². The number of guanidine groups is 1. The molecule has 6 nitrogen and oxygen atoms in total. The number of hydrogen-bond acceptors (Lipinski definition) is 3. The van der Waals surface area contributed by atoms with Crippen molar-refractivity contribution < 1.29 is 9.53 Å². The highest BCUT2D eigenvalue weighted by atomic mass is 127. The van der Waals surface area contributed by atoms with Crippen molar-refractivity contribution in [2.75, 3.05) is 39.2 Å². The quantitative estimate of drug-likeness (QED) is 0.250. The van der Waals surface area contributed by atoms with E-state index in [1.54, 1.807) is 14.2 Å². The Morgan fingerprint density at radius 3 is 2.73 bits per heavy atom. The van der Waals surface area contributed by atoms with E-state index in [9.17, 15) is 4.79 Å². The number of ether oxygens (including phenoxy) is 1. The lowest BCUT2D eigenvalue weighted by molar-refractivity contribution is -0.115. The summed E-state index contributed by atoms with van der Waals surface area (Å²) in [6.45, 7) is 3.28. The van der Waals surface area contributed by atoms with E-state index in [4.69, 9.17) is 4.74 Å². The second kappa shape index (κ2) is 11.7. The summed E-state index contributed by atoms with van der Waals surface area (Å²) < 4.78 is 5.86. The molecular weight excluding hydrogens is 463 g/mol. The smallest absolute Gasteiger partial charge is 0.243 e. The number of anilines is 1. The number of hydrogen-bond donors (Lipinski definition) is 3. The Hall–Kier alpha value is -0.870. The molecule has 0 aromatic heterocycles. The summed E-state index contributed by atoms with van der Waals surface area (Å²) >= 11 is 3.39. The van der Waals surface area contributed by atoms with Gasteiger partial charge in [-0.15, -0.1) is 24.0 Å². The van der Waals surface area contributed by atoms with Crippen LogP contribution < -0.4 is 16.0 Å². The van der Waals surface area contributed by atoms with Crippen molar-refractivity contribution in [2.45, 2.75) is 6.92 Å². The first-order valence-corrected chi connectivity index (χ1v) is 7.35. The van der Waals surface area contributed by atoms with Gasteiger partial charge in [-0.3, -0.25) is 9.79 Å². The number of carbonyl (C=O) groups excluding carboxylic acids is 1. The van der Waals surface area contributed by atoms with Crippen molar-refractivity contribution in [3.05, 3.63) is 28.2 Å². The molecule has 0 aliphatic rings. The van der Waals surface area contributed by atoms with Gasteiger partial charge in [-0.1, -0.05) is 22.0 Å².